The summed E-state index contributed by atoms with van der Waals surface area (Å²) < 4.78 is 5.22. The lowest BCUT2D eigenvalue weighted by molar-refractivity contribution is 0.0318. The number of unbranched alkanes of at least 4 members (excludes halogenated alkanes) is 1. The van der Waals surface area contributed by atoms with Crippen molar-refractivity contribution in [2.24, 2.45) is 0 Å². The number of hydrogen-bond donors (Lipinski definition) is 2. The minimum absolute atomic E-state index is 0.432. The van der Waals surface area contributed by atoms with Gasteiger partial charge >= 0.3 is 0 Å². The molecule has 92 valence electrons. The standard InChI is InChI=1S/C13H23NO2/c1-4-5-7-11(2)14-10-13(3,15)12-8-6-9-16-12/h6,8-9,11,14-15H,4-5,7,10H2,1-3H3. The fraction of sp³-hybridized carbons (Fsp3) is 0.692. The second-order valence-electron chi connectivity index (χ2n) is 4.68. The summed E-state index contributed by atoms with van der Waals surface area (Å²) in [6.07, 6.45) is 5.16. The zero-order valence-corrected chi connectivity index (χ0v) is 10.5. The molecule has 2 atom stereocenters. The Bertz CT molecular complexity index is 280. The van der Waals surface area contributed by atoms with Gasteiger partial charge in [-0.2, -0.15) is 0 Å². The van der Waals surface area contributed by atoms with E-state index in [1.807, 2.05) is 0 Å². The number of nitrogens with one attached hydrogen (secondary N) is 1. The molecule has 3 heteroatoms. The van der Waals surface area contributed by atoms with E-state index in [0.29, 0.717) is 18.3 Å². The van der Waals surface area contributed by atoms with Crippen molar-refractivity contribution in [2.45, 2.75) is 51.7 Å². The van der Waals surface area contributed by atoms with Crippen molar-refractivity contribution < 1.29 is 9.52 Å². The fourth-order valence-corrected chi connectivity index (χ4v) is 1.66. The van der Waals surface area contributed by atoms with Crippen molar-refractivity contribution in [3.05, 3.63) is 24.2 Å². The number of furan rings is 1. The van der Waals surface area contributed by atoms with E-state index in [9.17, 15) is 5.11 Å². The molecule has 0 aliphatic heterocycles. The van der Waals surface area contributed by atoms with Crippen LogP contribution < -0.4 is 5.32 Å². The van der Waals surface area contributed by atoms with Gasteiger partial charge in [0.1, 0.15) is 11.4 Å². The molecule has 0 radical (unpaired) electrons. The predicted molar refractivity (Wildman–Crippen MR) is 65.3 cm³/mol. The molecular formula is C13H23NO2. The molecule has 0 aromatic carbocycles. The number of hydrogen-bond acceptors (Lipinski definition) is 3. The highest BCUT2D eigenvalue weighted by Crippen LogP contribution is 2.20. The SMILES string of the molecule is CCCCC(C)NCC(C)(O)c1ccco1. The Kier molecular flexibility index (Phi) is 5.03. The monoisotopic (exact) mass is 225 g/mol. The molecule has 1 rings (SSSR count). The topological polar surface area (TPSA) is 45.4 Å². The normalized spacial score (nSPS) is 17.0. The van der Waals surface area contributed by atoms with Crippen LogP contribution in [0.15, 0.2) is 22.8 Å². The van der Waals surface area contributed by atoms with Crippen molar-refractivity contribution in [1.29, 1.82) is 0 Å². The zero-order chi connectivity index (χ0) is 12.0. The van der Waals surface area contributed by atoms with E-state index in [1.165, 1.54) is 12.8 Å². The second-order valence-corrected chi connectivity index (χ2v) is 4.68. The summed E-state index contributed by atoms with van der Waals surface area (Å²) in [5.74, 6) is 0.614. The summed E-state index contributed by atoms with van der Waals surface area (Å²) in [6.45, 7) is 6.62. The zero-order valence-electron chi connectivity index (χ0n) is 10.5. The molecule has 0 saturated heterocycles. The van der Waals surface area contributed by atoms with Crippen LogP contribution in [0.5, 0.6) is 0 Å². The summed E-state index contributed by atoms with van der Waals surface area (Å²) in [6, 6.07) is 4.03. The lowest BCUT2D eigenvalue weighted by Gasteiger charge is -2.24. The van der Waals surface area contributed by atoms with E-state index in [-0.39, 0.29) is 0 Å². The Morgan fingerprint density at radius 3 is 2.88 bits per heavy atom. The highest BCUT2D eigenvalue weighted by Gasteiger charge is 2.26. The van der Waals surface area contributed by atoms with E-state index in [2.05, 4.69) is 19.2 Å². The average molecular weight is 225 g/mol. The smallest absolute Gasteiger partial charge is 0.136 e. The first-order valence-corrected chi connectivity index (χ1v) is 6.06. The lowest BCUT2D eigenvalue weighted by atomic mass is 10.0. The molecule has 1 aromatic rings. The van der Waals surface area contributed by atoms with Gasteiger partial charge in [0.2, 0.25) is 0 Å². The highest BCUT2D eigenvalue weighted by atomic mass is 16.4. The van der Waals surface area contributed by atoms with Gasteiger partial charge in [-0.15, -0.1) is 0 Å². The molecule has 1 heterocycles. The molecule has 2 unspecified atom stereocenters. The predicted octanol–water partition coefficient (Wildman–Crippen LogP) is 2.66. The molecule has 2 N–H and O–H groups in total. The van der Waals surface area contributed by atoms with E-state index in [4.69, 9.17) is 4.42 Å². The van der Waals surface area contributed by atoms with Crippen molar-refractivity contribution in [3.8, 4) is 0 Å². The number of rotatable bonds is 7. The maximum absolute atomic E-state index is 10.2. The summed E-state index contributed by atoms with van der Waals surface area (Å²) in [7, 11) is 0. The maximum Gasteiger partial charge on any atom is 0.136 e. The van der Waals surface area contributed by atoms with Crippen molar-refractivity contribution in [1.82, 2.24) is 5.32 Å². The number of aliphatic hydroxyl groups is 1. The van der Waals surface area contributed by atoms with Crippen LogP contribution >= 0.6 is 0 Å². The fourth-order valence-electron chi connectivity index (χ4n) is 1.66. The van der Waals surface area contributed by atoms with Gasteiger partial charge < -0.3 is 14.8 Å². The molecule has 0 aliphatic rings. The third kappa shape index (κ3) is 3.99. The van der Waals surface area contributed by atoms with E-state index >= 15 is 0 Å². The Morgan fingerprint density at radius 2 is 2.31 bits per heavy atom. The van der Waals surface area contributed by atoms with E-state index < -0.39 is 5.60 Å². The minimum Gasteiger partial charge on any atom is -0.466 e. The molecule has 0 bridgehead atoms. The van der Waals surface area contributed by atoms with Gasteiger partial charge in [-0.25, -0.2) is 0 Å². The van der Waals surface area contributed by atoms with Crippen molar-refractivity contribution in [2.75, 3.05) is 6.54 Å². The first kappa shape index (κ1) is 13.3. The van der Waals surface area contributed by atoms with Crippen LogP contribution in [0.4, 0.5) is 0 Å². The largest absolute Gasteiger partial charge is 0.466 e. The molecule has 16 heavy (non-hydrogen) atoms. The molecule has 0 aliphatic carbocycles. The van der Waals surface area contributed by atoms with Gasteiger partial charge in [0.15, 0.2) is 0 Å². The Morgan fingerprint density at radius 1 is 1.56 bits per heavy atom. The molecular weight excluding hydrogens is 202 g/mol. The molecule has 0 spiro atoms. The molecule has 0 saturated carbocycles. The van der Waals surface area contributed by atoms with Crippen LogP contribution in [-0.4, -0.2) is 17.7 Å². The summed E-state index contributed by atoms with van der Waals surface area (Å²) >= 11 is 0. The first-order valence-electron chi connectivity index (χ1n) is 6.06. The third-order valence-electron chi connectivity index (χ3n) is 2.84. The minimum atomic E-state index is -0.927. The lowest BCUT2D eigenvalue weighted by Crippen LogP contribution is -2.39. The first-order chi connectivity index (χ1) is 7.56. The van der Waals surface area contributed by atoms with Gasteiger partial charge in [-0.1, -0.05) is 19.8 Å². The van der Waals surface area contributed by atoms with E-state index in [0.717, 1.165) is 6.42 Å². The van der Waals surface area contributed by atoms with Crippen molar-refractivity contribution >= 4 is 0 Å². The van der Waals surface area contributed by atoms with Crippen LogP contribution in [0, 0.1) is 0 Å². The maximum atomic E-state index is 10.2. The summed E-state index contributed by atoms with van der Waals surface area (Å²) in [4.78, 5) is 0. The van der Waals surface area contributed by atoms with Crippen molar-refractivity contribution in [3.63, 3.8) is 0 Å². The van der Waals surface area contributed by atoms with Crippen LogP contribution in [0.2, 0.25) is 0 Å². The Balaban J connectivity index is 2.36. The summed E-state index contributed by atoms with van der Waals surface area (Å²) in [5.41, 5.74) is -0.927. The quantitative estimate of drug-likeness (QED) is 0.750. The van der Waals surface area contributed by atoms with Gasteiger partial charge in [0, 0.05) is 12.6 Å². The van der Waals surface area contributed by atoms with Crippen LogP contribution in [0.1, 0.15) is 45.8 Å². The van der Waals surface area contributed by atoms with Gasteiger partial charge in [0.05, 0.1) is 6.26 Å². The Hall–Kier alpha value is -0.800. The van der Waals surface area contributed by atoms with Gasteiger partial charge in [-0.05, 0) is 32.4 Å². The van der Waals surface area contributed by atoms with Crippen LogP contribution in [0.3, 0.4) is 0 Å². The molecule has 3 nitrogen and oxygen atoms in total. The highest BCUT2D eigenvalue weighted by molar-refractivity contribution is 5.08. The van der Waals surface area contributed by atoms with Crippen LogP contribution in [0.25, 0.3) is 0 Å². The van der Waals surface area contributed by atoms with Gasteiger partial charge in [0.25, 0.3) is 0 Å². The Labute approximate surface area is 97.9 Å². The third-order valence-corrected chi connectivity index (χ3v) is 2.84. The second kappa shape index (κ2) is 6.06. The summed E-state index contributed by atoms with van der Waals surface area (Å²) in [5, 5.41) is 13.5. The average Bonchev–Trinajstić information content (AvgIpc) is 2.77. The van der Waals surface area contributed by atoms with Gasteiger partial charge in [-0.3, -0.25) is 0 Å². The molecule has 0 amide bonds. The van der Waals surface area contributed by atoms with Crippen LogP contribution in [-0.2, 0) is 5.60 Å². The van der Waals surface area contributed by atoms with E-state index in [1.54, 1.807) is 25.3 Å². The molecule has 1 aromatic heterocycles. The molecule has 0 fully saturated rings.